The van der Waals surface area contributed by atoms with Crippen LogP contribution in [0.4, 0.5) is 0 Å². The molecular weight excluding hydrogens is 841 g/mol. The Kier molecular flexibility index (Phi) is 38.1. The molecule has 0 aromatic carbocycles. The number of rotatable bonds is 43. The predicted molar refractivity (Wildman–Crippen MR) is 234 cm³/mol. The van der Waals surface area contributed by atoms with E-state index in [0.29, 0.717) is 59.0 Å². The van der Waals surface area contributed by atoms with Crippen molar-refractivity contribution < 1.29 is 66.4 Å². The molecule has 0 aliphatic rings. The minimum atomic E-state index is -3.74. The maximum absolute atomic E-state index is 13.5. The molecule has 0 spiro atoms. The van der Waals surface area contributed by atoms with Gasteiger partial charge in [0.05, 0.1) is 66.1 Å². The Balaban J connectivity index is 5.56. The second kappa shape index (κ2) is 40.7. The zero-order chi connectivity index (χ0) is 46.7. The molecule has 1 atom stereocenters. The molecule has 1 unspecified atom stereocenters. The molecule has 0 bridgehead atoms. The van der Waals surface area contributed by atoms with Crippen LogP contribution in [0.5, 0.6) is 0 Å². The van der Waals surface area contributed by atoms with Gasteiger partial charge in [-0.25, -0.2) is 0 Å². The van der Waals surface area contributed by atoms with Crippen LogP contribution in [-0.4, -0.2) is 154 Å². The highest BCUT2D eigenvalue weighted by Gasteiger charge is 2.33. The molecule has 0 aromatic rings. The van der Waals surface area contributed by atoms with E-state index < -0.39 is 19.0 Å². The van der Waals surface area contributed by atoms with Crippen LogP contribution in [0.2, 0.25) is 0 Å². The number of ether oxygens (including phenoxy) is 6. The summed E-state index contributed by atoms with van der Waals surface area (Å²) in [5.74, 6) is 5.51. The van der Waals surface area contributed by atoms with Crippen LogP contribution in [0.15, 0.2) is 0 Å². The summed E-state index contributed by atoms with van der Waals surface area (Å²) in [4.78, 5) is 76.2. The molecular formula is C43H71N5O14P-. The third-order valence-electron chi connectivity index (χ3n) is 8.80. The van der Waals surface area contributed by atoms with Gasteiger partial charge in [-0.3, -0.25) is 24.0 Å². The maximum atomic E-state index is 13.5. The summed E-state index contributed by atoms with van der Waals surface area (Å²) in [6.45, 7) is 5.27. The highest BCUT2D eigenvalue weighted by molar-refractivity contribution is 7.50. The summed E-state index contributed by atoms with van der Waals surface area (Å²) >= 11 is 0. The lowest BCUT2D eigenvalue weighted by Crippen LogP contribution is -2.50. The molecule has 358 valence electrons. The monoisotopic (exact) mass is 912 g/mol. The molecule has 0 aliphatic carbocycles. The lowest BCUT2D eigenvalue weighted by Gasteiger charge is -2.35. The van der Waals surface area contributed by atoms with E-state index in [1.54, 1.807) is 0 Å². The highest BCUT2D eigenvalue weighted by atomic mass is 31.2. The van der Waals surface area contributed by atoms with Crippen molar-refractivity contribution in [2.24, 2.45) is 0 Å². The SMILES string of the molecule is C#CCOCCOCCNC(=O)CCC(CCC(=O)NCCOCCOCC#C)(CCC(=O)NCCOCCOCC#C)NC(=O)CCCC(=O)NCCCCCCOP(C)(=O)[O-]. The lowest BCUT2D eigenvalue weighted by molar-refractivity contribution is -0.196. The van der Waals surface area contributed by atoms with Crippen LogP contribution < -0.4 is 31.5 Å². The summed E-state index contributed by atoms with van der Waals surface area (Å²) in [5, 5.41) is 14.2. The Morgan fingerprint density at radius 3 is 1.25 bits per heavy atom. The van der Waals surface area contributed by atoms with Crippen molar-refractivity contribution in [3.63, 3.8) is 0 Å². The summed E-state index contributed by atoms with van der Waals surface area (Å²) in [7, 11) is -3.74. The average Bonchev–Trinajstić information content (AvgIpc) is 3.24. The molecule has 63 heavy (non-hydrogen) atoms. The second-order valence-electron chi connectivity index (χ2n) is 14.2. The van der Waals surface area contributed by atoms with E-state index in [0.717, 1.165) is 19.5 Å². The fourth-order valence-electron chi connectivity index (χ4n) is 5.62. The van der Waals surface area contributed by atoms with Gasteiger partial charge in [0.25, 0.3) is 0 Å². The van der Waals surface area contributed by atoms with Gasteiger partial charge in [-0.1, -0.05) is 30.6 Å². The smallest absolute Gasteiger partial charge is 0.220 e. The predicted octanol–water partition coefficient (Wildman–Crippen LogP) is 0.577. The first-order valence-corrected chi connectivity index (χ1v) is 23.4. The van der Waals surface area contributed by atoms with E-state index in [9.17, 15) is 33.4 Å². The van der Waals surface area contributed by atoms with Gasteiger partial charge in [-0.15, -0.1) is 19.3 Å². The first-order chi connectivity index (χ1) is 30.4. The van der Waals surface area contributed by atoms with E-state index in [4.69, 9.17) is 52.2 Å². The van der Waals surface area contributed by atoms with Gasteiger partial charge in [0.1, 0.15) is 27.4 Å². The highest BCUT2D eigenvalue weighted by Crippen LogP contribution is 2.31. The lowest BCUT2D eigenvalue weighted by atomic mass is 9.82. The number of hydrogen-bond acceptors (Lipinski definition) is 14. The second-order valence-corrected chi connectivity index (χ2v) is 16.0. The van der Waals surface area contributed by atoms with E-state index >= 15 is 0 Å². The van der Waals surface area contributed by atoms with E-state index in [-0.39, 0.29) is 147 Å². The Labute approximate surface area is 374 Å². The summed E-state index contributed by atoms with van der Waals surface area (Å²) in [6.07, 6.45) is 18.8. The van der Waals surface area contributed by atoms with Gasteiger partial charge in [-0.05, 0) is 38.5 Å². The van der Waals surface area contributed by atoms with Crippen molar-refractivity contribution in [1.29, 1.82) is 0 Å². The van der Waals surface area contributed by atoms with Crippen molar-refractivity contribution in [3.05, 3.63) is 0 Å². The minimum absolute atomic E-state index is 0.0199. The van der Waals surface area contributed by atoms with Gasteiger partial charge in [0.15, 0.2) is 0 Å². The van der Waals surface area contributed by atoms with Crippen molar-refractivity contribution >= 4 is 37.1 Å². The molecule has 5 N–H and O–H groups in total. The Bertz CT molecular complexity index is 1330. The third kappa shape index (κ3) is 40.5. The molecule has 19 nitrogen and oxygen atoms in total. The van der Waals surface area contributed by atoms with Crippen LogP contribution in [0.25, 0.3) is 0 Å². The molecule has 0 heterocycles. The van der Waals surface area contributed by atoms with Crippen molar-refractivity contribution in [2.75, 3.05) is 119 Å². The zero-order valence-corrected chi connectivity index (χ0v) is 38.0. The minimum Gasteiger partial charge on any atom is -0.779 e. The van der Waals surface area contributed by atoms with Crippen LogP contribution in [0.1, 0.15) is 83.5 Å². The molecule has 0 radical (unpaired) electrons. The van der Waals surface area contributed by atoms with E-state index in [1.807, 2.05) is 0 Å². The van der Waals surface area contributed by atoms with E-state index in [2.05, 4.69) is 44.3 Å². The number of carbonyl (C=O) groups is 5. The number of carbonyl (C=O) groups excluding carboxylic acids is 5. The molecule has 5 amide bonds. The van der Waals surface area contributed by atoms with Crippen LogP contribution >= 0.6 is 7.60 Å². The third-order valence-corrected chi connectivity index (χ3v) is 9.45. The molecule has 20 heteroatoms. The number of hydrogen-bond donors (Lipinski definition) is 5. The van der Waals surface area contributed by atoms with Crippen molar-refractivity contribution in [1.82, 2.24) is 26.6 Å². The fourth-order valence-corrected chi connectivity index (χ4v) is 6.08. The van der Waals surface area contributed by atoms with Gasteiger partial charge < -0.3 is 69.0 Å². The van der Waals surface area contributed by atoms with Crippen LogP contribution in [-0.2, 0) is 61.5 Å². The summed E-state index contributed by atoms with van der Waals surface area (Å²) in [5.41, 5.74) is -1.15. The Morgan fingerprint density at radius 1 is 0.476 bits per heavy atom. The van der Waals surface area contributed by atoms with Gasteiger partial charge in [0, 0.05) is 70.5 Å². The number of nitrogens with one attached hydrogen (secondary N) is 5. The van der Waals surface area contributed by atoms with E-state index in [1.165, 1.54) is 0 Å². The van der Waals surface area contributed by atoms with Gasteiger partial charge >= 0.3 is 0 Å². The summed E-state index contributed by atoms with van der Waals surface area (Å²) < 4.78 is 47.7. The van der Waals surface area contributed by atoms with Crippen LogP contribution in [0, 0.1) is 37.0 Å². The molecule has 0 aromatic heterocycles. The molecule has 0 saturated heterocycles. The standard InChI is InChI=1S/C43H72N5O14P/c1-5-25-56-32-35-59-29-22-45-39(50)15-18-43(19-16-40(51)46-23-30-60-36-33-57-26-6-2,20-17-41(52)47-24-31-61-37-34-58-27-7-3)48-42(53)14-12-13-38(49)44-21-10-8-9-11-28-62-63(4,54)55/h1-3H,8-37H2,4H3,(H,44,49)(H,45,50)(H,46,51)(H,47,52)(H,48,53)(H,54,55)/p-1. The van der Waals surface area contributed by atoms with Gasteiger partial charge in [0.2, 0.25) is 29.5 Å². The average molecular weight is 913 g/mol. The van der Waals surface area contributed by atoms with Gasteiger partial charge in [-0.2, -0.15) is 0 Å². The normalized spacial score (nSPS) is 11.9. The Hall–Kier alpha value is -4.06. The topological polar surface area (TPSA) is 250 Å². The first kappa shape index (κ1) is 58.9. The molecule has 0 rings (SSSR count). The van der Waals surface area contributed by atoms with Crippen molar-refractivity contribution in [3.8, 4) is 37.0 Å². The molecule has 0 fully saturated rings. The fraction of sp³-hybridized carbons (Fsp3) is 0.744. The number of terminal acetylenes is 3. The summed E-state index contributed by atoms with van der Waals surface area (Å²) in [6, 6.07) is 0. The van der Waals surface area contributed by atoms with Crippen LogP contribution in [0.3, 0.4) is 0 Å². The maximum Gasteiger partial charge on any atom is 0.220 e. The number of unbranched alkanes of at least 4 members (excludes halogenated alkanes) is 3. The number of amides is 5. The quantitative estimate of drug-likeness (QED) is 0.0319. The molecule has 0 aliphatic heterocycles. The Morgan fingerprint density at radius 2 is 0.841 bits per heavy atom. The zero-order valence-electron chi connectivity index (χ0n) is 37.1. The van der Waals surface area contributed by atoms with Crippen molar-refractivity contribution in [2.45, 2.75) is 89.0 Å². The first-order valence-electron chi connectivity index (χ1n) is 21.4. The molecule has 0 saturated carbocycles. The largest absolute Gasteiger partial charge is 0.779 e.